The number of amides is 2. The molecule has 150 valence electrons. The van der Waals surface area contributed by atoms with Gasteiger partial charge in [-0.25, -0.2) is 4.98 Å². The second-order valence-corrected chi connectivity index (χ2v) is 7.99. The molecule has 0 bridgehead atoms. The van der Waals surface area contributed by atoms with Crippen molar-refractivity contribution >= 4 is 40.4 Å². The fourth-order valence-corrected chi connectivity index (χ4v) is 3.67. The number of carbonyl (C=O) groups excluding carboxylic acids is 2. The smallest absolute Gasteiger partial charge is 0.244 e. The van der Waals surface area contributed by atoms with E-state index in [1.54, 1.807) is 17.0 Å². The number of hydrogen-bond acceptors (Lipinski definition) is 3. The van der Waals surface area contributed by atoms with Crippen molar-refractivity contribution in [1.29, 1.82) is 0 Å². The largest absolute Gasteiger partial charge is 0.348 e. The van der Waals surface area contributed by atoms with Crippen LogP contribution in [0.1, 0.15) is 26.0 Å². The van der Waals surface area contributed by atoms with E-state index in [1.807, 2.05) is 38.1 Å². The summed E-state index contributed by atoms with van der Waals surface area (Å²) in [7, 11) is 0. The van der Waals surface area contributed by atoms with Crippen LogP contribution in [0.5, 0.6) is 0 Å². The van der Waals surface area contributed by atoms with Gasteiger partial charge in [0.2, 0.25) is 11.8 Å². The van der Waals surface area contributed by atoms with Gasteiger partial charge in [-0.15, -0.1) is 12.3 Å². The zero-order chi connectivity index (χ0) is 21.0. The molecular formula is C23H24ClN3O2. The minimum atomic E-state index is -0.208. The Morgan fingerprint density at radius 1 is 1.38 bits per heavy atom. The van der Waals surface area contributed by atoms with Gasteiger partial charge in [0.25, 0.3) is 0 Å². The summed E-state index contributed by atoms with van der Waals surface area (Å²) in [5.41, 5.74) is 1.45. The number of nitrogens with zero attached hydrogens (tertiary/aromatic N) is 2. The first-order valence-electron chi connectivity index (χ1n) is 9.64. The molecule has 0 spiro atoms. The summed E-state index contributed by atoms with van der Waals surface area (Å²) in [6.07, 6.45) is 8.88. The topological polar surface area (TPSA) is 62.3 Å². The van der Waals surface area contributed by atoms with E-state index < -0.39 is 0 Å². The lowest BCUT2D eigenvalue weighted by molar-refractivity contribution is -0.134. The Hall–Kier alpha value is -2.84. The molecule has 2 heterocycles. The number of carbonyl (C=O) groups is 2. The zero-order valence-electron chi connectivity index (χ0n) is 16.6. The van der Waals surface area contributed by atoms with Crippen molar-refractivity contribution in [3.63, 3.8) is 0 Å². The van der Waals surface area contributed by atoms with Crippen molar-refractivity contribution < 1.29 is 9.59 Å². The molecule has 1 aromatic heterocycles. The van der Waals surface area contributed by atoms with E-state index in [1.165, 1.54) is 6.08 Å². The first kappa shape index (κ1) is 20.9. The van der Waals surface area contributed by atoms with Gasteiger partial charge in [-0.2, -0.15) is 0 Å². The molecule has 2 aromatic rings. The van der Waals surface area contributed by atoms with Crippen molar-refractivity contribution in [2.24, 2.45) is 11.8 Å². The molecule has 3 rings (SSSR count). The molecular weight excluding hydrogens is 386 g/mol. The number of benzene rings is 1. The minimum Gasteiger partial charge on any atom is -0.348 e. The Labute approximate surface area is 176 Å². The minimum absolute atomic E-state index is 0.0427. The quantitative estimate of drug-likeness (QED) is 0.607. The maximum atomic E-state index is 12.4. The normalized spacial score (nSPS) is 20.0. The third-order valence-corrected chi connectivity index (χ3v) is 5.41. The highest BCUT2D eigenvalue weighted by molar-refractivity contribution is 6.31. The molecule has 1 N–H and O–H groups in total. The lowest BCUT2D eigenvalue weighted by atomic mass is 10.1. The van der Waals surface area contributed by atoms with Crippen molar-refractivity contribution in [2.45, 2.75) is 26.3 Å². The van der Waals surface area contributed by atoms with Crippen molar-refractivity contribution in [1.82, 2.24) is 15.2 Å². The van der Waals surface area contributed by atoms with Gasteiger partial charge in [0.1, 0.15) is 0 Å². The van der Waals surface area contributed by atoms with Gasteiger partial charge in [0.15, 0.2) is 0 Å². The number of fused-ring (bicyclic) bond motifs is 1. The highest BCUT2D eigenvalue weighted by Crippen LogP contribution is 2.20. The first-order chi connectivity index (χ1) is 13.9. The van der Waals surface area contributed by atoms with Gasteiger partial charge in [-0.05, 0) is 30.2 Å². The summed E-state index contributed by atoms with van der Waals surface area (Å²) in [4.78, 5) is 31.1. The van der Waals surface area contributed by atoms with E-state index in [2.05, 4.69) is 16.2 Å². The Kier molecular flexibility index (Phi) is 6.56. The molecule has 6 heteroatoms. The van der Waals surface area contributed by atoms with Crippen LogP contribution in [0.2, 0.25) is 5.02 Å². The first-order valence-corrected chi connectivity index (χ1v) is 10.0. The van der Waals surface area contributed by atoms with Gasteiger partial charge >= 0.3 is 0 Å². The second kappa shape index (κ2) is 9.11. The number of hydrogen-bond donors (Lipinski definition) is 1. The van der Waals surface area contributed by atoms with Crippen LogP contribution >= 0.6 is 11.6 Å². The molecule has 0 unspecified atom stereocenters. The molecule has 1 aliphatic rings. The Morgan fingerprint density at radius 2 is 2.14 bits per heavy atom. The van der Waals surface area contributed by atoms with Crippen LogP contribution in [0.15, 0.2) is 36.4 Å². The molecule has 0 aliphatic carbocycles. The standard InChI is InChI=1S/C23H24ClN3O2/c1-4-5-15(2)23(29)27-13-16(3)21(14-27)26-22(28)11-10-19-9-7-17-6-8-18(24)12-20(17)25-19/h1,6-12,15-16,21H,5,13-14H2,2-3H3,(H,26,28)/b11-10+/t15-,16+,21+/m0/s1. The molecule has 1 aliphatic heterocycles. The van der Waals surface area contributed by atoms with Crippen molar-refractivity contribution in [2.75, 3.05) is 13.1 Å². The van der Waals surface area contributed by atoms with E-state index in [9.17, 15) is 9.59 Å². The lowest BCUT2D eigenvalue weighted by Gasteiger charge is -2.19. The number of pyridine rings is 1. The number of halogens is 1. The molecule has 0 radical (unpaired) electrons. The summed E-state index contributed by atoms with van der Waals surface area (Å²) >= 11 is 6.02. The van der Waals surface area contributed by atoms with Crippen LogP contribution in [-0.2, 0) is 9.59 Å². The molecule has 1 fully saturated rings. The fraction of sp³-hybridized carbons (Fsp3) is 0.348. The van der Waals surface area contributed by atoms with Crippen molar-refractivity contribution in [3.05, 3.63) is 47.1 Å². The van der Waals surface area contributed by atoms with E-state index in [-0.39, 0.29) is 29.7 Å². The summed E-state index contributed by atoms with van der Waals surface area (Å²) in [6.45, 7) is 4.99. The van der Waals surface area contributed by atoms with E-state index in [4.69, 9.17) is 18.0 Å². The molecule has 5 nitrogen and oxygen atoms in total. The summed E-state index contributed by atoms with van der Waals surface area (Å²) in [6, 6.07) is 9.23. The van der Waals surface area contributed by atoms with Crippen molar-refractivity contribution in [3.8, 4) is 12.3 Å². The average Bonchev–Trinajstić information content (AvgIpc) is 3.05. The van der Waals surface area contributed by atoms with Gasteiger partial charge in [0.05, 0.1) is 17.3 Å². The summed E-state index contributed by atoms with van der Waals surface area (Å²) in [5.74, 6) is 2.34. The summed E-state index contributed by atoms with van der Waals surface area (Å²) in [5, 5.41) is 4.60. The molecule has 1 saturated heterocycles. The zero-order valence-corrected chi connectivity index (χ0v) is 17.3. The third kappa shape index (κ3) is 5.16. The maximum absolute atomic E-state index is 12.4. The van der Waals surface area contributed by atoms with Gasteiger partial charge in [-0.3, -0.25) is 9.59 Å². The van der Waals surface area contributed by atoms with E-state index >= 15 is 0 Å². The molecule has 1 aromatic carbocycles. The fourth-order valence-electron chi connectivity index (χ4n) is 3.50. The number of terminal acetylenes is 1. The Bertz CT molecular complexity index is 995. The monoisotopic (exact) mass is 409 g/mol. The second-order valence-electron chi connectivity index (χ2n) is 7.55. The van der Waals surface area contributed by atoms with Crippen LogP contribution in [0.4, 0.5) is 0 Å². The lowest BCUT2D eigenvalue weighted by Crippen LogP contribution is -2.40. The molecule has 0 saturated carbocycles. The van der Waals surface area contributed by atoms with Gasteiger partial charge in [0, 0.05) is 41.9 Å². The molecule has 2 amide bonds. The maximum Gasteiger partial charge on any atom is 0.244 e. The predicted octanol–water partition coefficient (Wildman–Crippen LogP) is 3.52. The van der Waals surface area contributed by atoms with Crippen LogP contribution in [0.25, 0.3) is 17.0 Å². The highest BCUT2D eigenvalue weighted by Gasteiger charge is 2.34. The van der Waals surface area contributed by atoms with Gasteiger partial charge in [-0.1, -0.05) is 37.6 Å². The average molecular weight is 410 g/mol. The third-order valence-electron chi connectivity index (χ3n) is 5.18. The Balaban J connectivity index is 1.60. The van der Waals surface area contributed by atoms with Gasteiger partial charge < -0.3 is 10.2 Å². The SMILES string of the molecule is C#CC[C@H](C)C(=O)N1C[C@@H](C)[C@H](NC(=O)/C=C/c2ccc3ccc(Cl)cc3n2)C1. The number of likely N-dealkylation sites (tertiary alicyclic amines) is 1. The van der Waals surface area contributed by atoms with E-state index in [0.29, 0.717) is 30.2 Å². The van der Waals surface area contributed by atoms with Crippen LogP contribution in [0.3, 0.4) is 0 Å². The highest BCUT2D eigenvalue weighted by atomic mass is 35.5. The molecule has 3 atom stereocenters. The van der Waals surface area contributed by atoms with Crippen LogP contribution < -0.4 is 5.32 Å². The van der Waals surface area contributed by atoms with E-state index in [0.717, 1.165) is 10.9 Å². The number of nitrogens with one attached hydrogen (secondary N) is 1. The predicted molar refractivity (Wildman–Crippen MR) is 116 cm³/mol. The number of rotatable bonds is 5. The number of aromatic nitrogens is 1. The van der Waals surface area contributed by atoms with Crippen LogP contribution in [-0.4, -0.2) is 40.8 Å². The molecule has 29 heavy (non-hydrogen) atoms. The van der Waals surface area contributed by atoms with Crippen LogP contribution in [0, 0.1) is 24.2 Å². The Morgan fingerprint density at radius 3 is 2.90 bits per heavy atom. The summed E-state index contributed by atoms with van der Waals surface area (Å²) < 4.78 is 0.